The molecule has 1 aliphatic heterocycles. The first kappa shape index (κ1) is 24.7. The first-order chi connectivity index (χ1) is 16.9. The van der Waals surface area contributed by atoms with E-state index in [0.29, 0.717) is 35.3 Å². The molecule has 2 amide bonds. The molecular weight excluding hydrogens is 482 g/mol. The predicted octanol–water partition coefficient (Wildman–Crippen LogP) is 4.92. The molecule has 1 saturated heterocycles. The molecule has 1 heterocycles. The fraction of sp³-hybridized carbons (Fsp3) is 0.222. The average Bonchev–Trinajstić information content (AvgIpc) is 3.08. The topological polar surface area (TPSA) is 61.9 Å². The number of nitrogens with zero attached hydrogens (tertiary/aromatic N) is 2. The Hall–Kier alpha value is -3.42. The van der Waals surface area contributed by atoms with Gasteiger partial charge >= 0.3 is 0 Å². The number of nitrogens with one attached hydrogen (secondary N) is 1. The first-order valence-electron chi connectivity index (χ1n) is 11.3. The zero-order valence-corrected chi connectivity index (χ0v) is 20.9. The number of hydrogen-bond donors (Lipinski definition) is 1. The highest BCUT2D eigenvalue weighted by Gasteiger charge is 2.43. The van der Waals surface area contributed by atoms with E-state index in [2.05, 4.69) is 5.32 Å². The van der Waals surface area contributed by atoms with E-state index in [-0.39, 0.29) is 18.2 Å². The number of halogens is 1. The van der Waals surface area contributed by atoms with Crippen molar-refractivity contribution in [1.82, 2.24) is 9.80 Å². The molecule has 0 aromatic heterocycles. The normalized spacial score (nSPS) is 15.4. The summed E-state index contributed by atoms with van der Waals surface area (Å²) in [5.41, 5.74) is 2.69. The Morgan fingerprint density at radius 2 is 1.69 bits per heavy atom. The number of benzene rings is 3. The van der Waals surface area contributed by atoms with Gasteiger partial charge in [0, 0.05) is 17.3 Å². The SMILES string of the molecule is COc1ccc(CCN2C(=S)N(Cc3ccccc3)C(=O)C2CC(=O)Nc2ccc(Cl)cc2)cc1. The van der Waals surface area contributed by atoms with Crippen molar-refractivity contribution in [2.75, 3.05) is 19.0 Å². The molecule has 1 atom stereocenters. The third kappa shape index (κ3) is 6.18. The van der Waals surface area contributed by atoms with Crippen LogP contribution in [-0.2, 0) is 22.6 Å². The molecule has 3 aromatic carbocycles. The fourth-order valence-corrected chi connectivity index (χ4v) is 4.52. The summed E-state index contributed by atoms with van der Waals surface area (Å²) in [6, 6.07) is 23.7. The summed E-state index contributed by atoms with van der Waals surface area (Å²) in [4.78, 5) is 29.8. The van der Waals surface area contributed by atoms with Crippen LogP contribution in [0.25, 0.3) is 0 Å². The van der Waals surface area contributed by atoms with E-state index in [0.717, 1.165) is 16.9 Å². The third-order valence-electron chi connectivity index (χ3n) is 5.89. The van der Waals surface area contributed by atoms with Crippen LogP contribution in [0, 0.1) is 0 Å². The van der Waals surface area contributed by atoms with Crippen LogP contribution in [0.2, 0.25) is 5.02 Å². The number of methoxy groups -OCH3 is 1. The molecule has 6 nitrogen and oxygen atoms in total. The van der Waals surface area contributed by atoms with Gasteiger partial charge < -0.3 is 15.0 Å². The Morgan fingerprint density at radius 3 is 2.34 bits per heavy atom. The van der Waals surface area contributed by atoms with Crippen LogP contribution in [0.3, 0.4) is 0 Å². The number of carbonyl (C=O) groups excluding carboxylic acids is 2. The van der Waals surface area contributed by atoms with Crippen LogP contribution in [0.4, 0.5) is 5.69 Å². The van der Waals surface area contributed by atoms with Crippen molar-refractivity contribution in [3.05, 3.63) is 95.0 Å². The van der Waals surface area contributed by atoms with Crippen molar-refractivity contribution in [2.45, 2.75) is 25.4 Å². The van der Waals surface area contributed by atoms with E-state index in [9.17, 15) is 9.59 Å². The molecule has 3 aromatic rings. The maximum absolute atomic E-state index is 13.4. The summed E-state index contributed by atoms with van der Waals surface area (Å²) in [5.74, 6) is 0.357. The summed E-state index contributed by atoms with van der Waals surface area (Å²) < 4.78 is 5.23. The van der Waals surface area contributed by atoms with Gasteiger partial charge in [-0.3, -0.25) is 14.5 Å². The largest absolute Gasteiger partial charge is 0.497 e. The molecule has 8 heteroatoms. The fourth-order valence-electron chi connectivity index (χ4n) is 4.02. The lowest BCUT2D eigenvalue weighted by Crippen LogP contribution is -2.39. The zero-order chi connectivity index (χ0) is 24.8. The van der Waals surface area contributed by atoms with Gasteiger partial charge in [0.25, 0.3) is 5.91 Å². The maximum atomic E-state index is 13.4. The standard InChI is InChI=1S/C27H26ClN3O3S/c1-34-23-13-7-19(8-14-23)15-16-30-24(17-25(32)29-22-11-9-21(28)10-12-22)26(33)31(27(30)35)18-20-5-3-2-4-6-20/h2-14,24H,15-18H2,1H3,(H,29,32). The smallest absolute Gasteiger partial charge is 0.252 e. The van der Waals surface area contributed by atoms with Crippen LogP contribution in [0.5, 0.6) is 5.75 Å². The molecule has 0 bridgehead atoms. The first-order valence-corrected chi connectivity index (χ1v) is 12.1. The van der Waals surface area contributed by atoms with Gasteiger partial charge in [0.1, 0.15) is 11.8 Å². The van der Waals surface area contributed by atoms with Crippen LogP contribution < -0.4 is 10.1 Å². The zero-order valence-electron chi connectivity index (χ0n) is 19.3. The molecule has 1 N–H and O–H groups in total. The van der Waals surface area contributed by atoms with Crippen LogP contribution in [0.1, 0.15) is 17.5 Å². The Bertz CT molecular complexity index is 1190. The van der Waals surface area contributed by atoms with Gasteiger partial charge in [-0.2, -0.15) is 0 Å². The van der Waals surface area contributed by atoms with Gasteiger partial charge in [0.2, 0.25) is 5.91 Å². The molecule has 4 rings (SSSR count). The van der Waals surface area contributed by atoms with E-state index >= 15 is 0 Å². The van der Waals surface area contributed by atoms with Crippen LogP contribution >= 0.6 is 23.8 Å². The van der Waals surface area contributed by atoms with Gasteiger partial charge in [-0.15, -0.1) is 0 Å². The monoisotopic (exact) mass is 507 g/mol. The van der Waals surface area contributed by atoms with Gasteiger partial charge in [-0.25, -0.2) is 0 Å². The number of carbonyl (C=O) groups is 2. The maximum Gasteiger partial charge on any atom is 0.252 e. The summed E-state index contributed by atoms with van der Waals surface area (Å²) in [6.45, 7) is 0.883. The van der Waals surface area contributed by atoms with Crippen LogP contribution in [0.15, 0.2) is 78.9 Å². The number of ether oxygens (including phenoxy) is 1. The molecule has 1 unspecified atom stereocenters. The van der Waals surface area contributed by atoms with E-state index in [1.807, 2.05) is 59.5 Å². The Kier molecular flexibility index (Phi) is 8.00. The molecule has 0 saturated carbocycles. The van der Waals surface area contributed by atoms with E-state index in [1.54, 1.807) is 36.3 Å². The molecule has 0 spiro atoms. The Balaban J connectivity index is 1.50. The van der Waals surface area contributed by atoms with Crippen molar-refractivity contribution in [1.29, 1.82) is 0 Å². The molecule has 1 aliphatic rings. The number of amides is 2. The predicted molar refractivity (Wildman–Crippen MR) is 141 cm³/mol. The van der Waals surface area contributed by atoms with Crippen molar-refractivity contribution in [3.8, 4) is 5.75 Å². The minimum Gasteiger partial charge on any atom is -0.497 e. The highest BCUT2D eigenvalue weighted by atomic mass is 35.5. The van der Waals surface area contributed by atoms with E-state index in [4.69, 9.17) is 28.6 Å². The molecule has 180 valence electrons. The molecule has 1 fully saturated rings. The molecule has 0 aliphatic carbocycles. The third-order valence-corrected chi connectivity index (χ3v) is 6.60. The molecule has 35 heavy (non-hydrogen) atoms. The summed E-state index contributed by atoms with van der Waals surface area (Å²) in [5, 5.41) is 3.88. The van der Waals surface area contributed by atoms with Crippen molar-refractivity contribution in [3.63, 3.8) is 0 Å². The lowest BCUT2D eigenvalue weighted by Gasteiger charge is -2.24. The van der Waals surface area contributed by atoms with E-state index < -0.39 is 6.04 Å². The van der Waals surface area contributed by atoms with Gasteiger partial charge in [-0.1, -0.05) is 54.1 Å². The van der Waals surface area contributed by atoms with Crippen molar-refractivity contribution >= 4 is 46.4 Å². The van der Waals surface area contributed by atoms with Gasteiger partial charge in [0.05, 0.1) is 20.1 Å². The summed E-state index contributed by atoms with van der Waals surface area (Å²) >= 11 is 11.7. The van der Waals surface area contributed by atoms with Crippen molar-refractivity contribution in [2.24, 2.45) is 0 Å². The highest BCUT2D eigenvalue weighted by Crippen LogP contribution is 2.25. The quantitative estimate of drug-likeness (QED) is 0.417. The molecule has 0 radical (unpaired) electrons. The number of rotatable bonds is 9. The number of anilines is 1. The number of hydrogen-bond acceptors (Lipinski definition) is 4. The lowest BCUT2D eigenvalue weighted by molar-refractivity contribution is -0.131. The lowest BCUT2D eigenvalue weighted by atomic mass is 10.1. The number of thiocarbonyl (C=S) groups is 1. The molecular formula is C27H26ClN3O3S. The summed E-state index contributed by atoms with van der Waals surface area (Å²) in [6.07, 6.45) is 0.668. The summed E-state index contributed by atoms with van der Waals surface area (Å²) in [7, 11) is 1.63. The van der Waals surface area contributed by atoms with Gasteiger partial charge in [-0.05, 0) is 66.2 Å². The Morgan fingerprint density at radius 1 is 1.00 bits per heavy atom. The second-order valence-electron chi connectivity index (χ2n) is 8.26. The minimum atomic E-state index is -0.670. The second kappa shape index (κ2) is 11.3. The highest BCUT2D eigenvalue weighted by molar-refractivity contribution is 7.80. The van der Waals surface area contributed by atoms with Crippen LogP contribution in [-0.4, -0.2) is 46.4 Å². The Labute approximate surface area is 215 Å². The van der Waals surface area contributed by atoms with E-state index in [1.165, 1.54) is 0 Å². The minimum absolute atomic E-state index is 0.00446. The average molecular weight is 508 g/mol. The van der Waals surface area contributed by atoms with Crippen molar-refractivity contribution < 1.29 is 14.3 Å². The van der Waals surface area contributed by atoms with Gasteiger partial charge in [0.15, 0.2) is 5.11 Å². The second-order valence-corrected chi connectivity index (χ2v) is 9.06.